The number of amides is 1. The maximum absolute atomic E-state index is 13.1. The van der Waals surface area contributed by atoms with Crippen molar-refractivity contribution in [2.45, 2.75) is 6.42 Å². The summed E-state index contributed by atoms with van der Waals surface area (Å²) in [5, 5.41) is 0.228. The second-order valence-electron chi connectivity index (χ2n) is 7.82. The molecular weight excluding hydrogens is 440 g/mol. The van der Waals surface area contributed by atoms with E-state index in [0.717, 1.165) is 30.1 Å². The highest BCUT2D eigenvalue weighted by atomic mass is 35.5. The Kier molecular flexibility index (Phi) is 5.88. The lowest BCUT2D eigenvalue weighted by molar-refractivity contribution is 0.0764. The number of hydrogen-bond acceptors (Lipinski definition) is 6. The van der Waals surface area contributed by atoms with E-state index < -0.39 is 0 Å². The zero-order valence-corrected chi connectivity index (χ0v) is 19.0. The summed E-state index contributed by atoms with van der Waals surface area (Å²) in [6.45, 7) is 2.56. The Bertz CT molecular complexity index is 1230. The van der Waals surface area contributed by atoms with Gasteiger partial charge in [-0.1, -0.05) is 29.8 Å². The van der Waals surface area contributed by atoms with E-state index in [-0.39, 0.29) is 11.1 Å². The van der Waals surface area contributed by atoms with Gasteiger partial charge in [-0.05, 0) is 42.8 Å². The molecule has 0 aliphatic carbocycles. The molecule has 5 rings (SSSR count). The lowest BCUT2D eigenvalue weighted by atomic mass is 10.1. The highest BCUT2D eigenvalue weighted by Crippen LogP contribution is 2.42. The number of carbonyl (C=O) groups excluding carboxylic acids is 1. The molecule has 0 N–H and O–H groups in total. The lowest BCUT2D eigenvalue weighted by Crippen LogP contribution is -2.37. The maximum Gasteiger partial charge on any atom is 0.257 e. The first-order chi connectivity index (χ1) is 16.2. The van der Waals surface area contributed by atoms with Gasteiger partial charge in [0.25, 0.3) is 5.91 Å². The molecule has 1 aromatic heterocycles. The van der Waals surface area contributed by atoms with Crippen LogP contribution in [0, 0.1) is 0 Å². The summed E-state index contributed by atoms with van der Waals surface area (Å²) in [4.78, 5) is 26.1. The third-order valence-corrected chi connectivity index (χ3v) is 6.12. The van der Waals surface area contributed by atoms with Gasteiger partial charge in [-0.2, -0.15) is 0 Å². The first kappa shape index (κ1) is 21.3. The van der Waals surface area contributed by atoms with E-state index in [1.807, 2.05) is 47.4 Å². The molecule has 2 aliphatic rings. The van der Waals surface area contributed by atoms with Crippen molar-refractivity contribution in [1.82, 2.24) is 14.8 Å². The number of ether oxygens (including phenoxy) is 2. The number of aliphatic imine (C=N–C) groups is 1. The highest BCUT2D eigenvalue weighted by Gasteiger charge is 2.28. The summed E-state index contributed by atoms with van der Waals surface area (Å²) in [6.07, 6.45) is 2.38. The van der Waals surface area contributed by atoms with Gasteiger partial charge in [-0.15, -0.1) is 0 Å². The Morgan fingerprint density at radius 1 is 1.03 bits per heavy atom. The van der Waals surface area contributed by atoms with E-state index in [9.17, 15) is 4.79 Å². The van der Waals surface area contributed by atoms with E-state index in [2.05, 4.69) is 9.88 Å². The lowest BCUT2D eigenvalue weighted by Gasteiger charge is -2.25. The predicted octanol–water partition coefficient (Wildman–Crippen LogP) is 4.78. The van der Waals surface area contributed by atoms with Gasteiger partial charge in [-0.3, -0.25) is 4.79 Å². The molecule has 1 amide bonds. The van der Waals surface area contributed by atoms with Crippen molar-refractivity contribution in [2.75, 3.05) is 33.3 Å². The van der Waals surface area contributed by atoms with Crippen LogP contribution in [0.3, 0.4) is 0 Å². The number of hydrogen-bond donors (Lipinski definition) is 0. The molecule has 7 nitrogen and oxygen atoms in total. The normalized spacial score (nSPS) is 15.4. The standard InChI is InChI=1S/C25H23ClN4O3/c1-32-21-11-4-7-17-22(21)33-20-10-3-2-9-19(20)28-24(17)29-13-6-14-30(16-15-29)25(31)18-8-5-12-27-23(18)26/h2-5,7-12H,6,13-16H2,1H3. The summed E-state index contributed by atoms with van der Waals surface area (Å²) in [5.74, 6) is 2.67. The number of rotatable bonds is 2. The molecule has 0 bridgehead atoms. The number of pyridine rings is 1. The van der Waals surface area contributed by atoms with Gasteiger partial charge in [0.2, 0.25) is 0 Å². The number of methoxy groups -OCH3 is 1. The molecule has 0 radical (unpaired) electrons. The number of aromatic nitrogens is 1. The van der Waals surface area contributed by atoms with Crippen molar-refractivity contribution in [3.05, 3.63) is 77.1 Å². The maximum atomic E-state index is 13.1. The molecule has 1 saturated heterocycles. The number of fused-ring (bicyclic) bond motifs is 2. The molecule has 0 atom stereocenters. The van der Waals surface area contributed by atoms with E-state index >= 15 is 0 Å². The fraction of sp³-hybridized carbons (Fsp3) is 0.240. The van der Waals surface area contributed by atoms with Gasteiger partial charge >= 0.3 is 0 Å². The van der Waals surface area contributed by atoms with Gasteiger partial charge in [0.05, 0.1) is 18.2 Å². The van der Waals surface area contributed by atoms with Gasteiger partial charge in [0.1, 0.15) is 16.7 Å². The Labute approximate surface area is 197 Å². The van der Waals surface area contributed by atoms with Crippen LogP contribution in [0.5, 0.6) is 17.2 Å². The number of nitrogens with zero attached hydrogens (tertiary/aromatic N) is 4. The molecule has 3 aromatic rings. The fourth-order valence-corrected chi connectivity index (χ4v) is 4.37. The van der Waals surface area contributed by atoms with E-state index in [4.69, 9.17) is 26.1 Å². The highest BCUT2D eigenvalue weighted by molar-refractivity contribution is 6.32. The Morgan fingerprint density at radius 3 is 2.76 bits per heavy atom. The zero-order chi connectivity index (χ0) is 22.8. The van der Waals surface area contributed by atoms with Crippen LogP contribution in [-0.2, 0) is 0 Å². The third-order valence-electron chi connectivity index (χ3n) is 5.82. The minimum atomic E-state index is -0.103. The molecule has 2 aliphatic heterocycles. The summed E-state index contributed by atoms with van der Waals surface area (Å²) in [6, 6.07) is 17.0. The van der Waals surface area contributed by atoms with Crippen molar-refractivity contribution in [1.29, 1.82) is 0 Å². The molecule has 0 spiro atoms. The monoisotopic (exact) mass is 462 g/mol. The Balaban J connectivity index is 1.47. The van der Waals surface area contributed by atoms with Crippen molar-refractivity contribution in [3.8, 4) is 17.2 Å². The molecule has 168 valence electrons. The van der Waals surface area contributed by atoms with Crippen molar-refractivity contribution in [2.24, 2.45) is 4.99 Å². The second-order valence-corrected chi connectivity index (χ2v) is 8.17. The molecule has 0 unspecified atom stereocenters. The first-order valence-electron chi connectivity index (χ1n) is 10.8. The SMILES string of the molecule is COc1cccc2c1Oc1ccccc1N=C2N1CCCN(C(=O)c2cccnc2Cl)CC1. The quantitative estimate of drug-likeness (QED) is 0.513. The van der Waals surface area contributed by atoms with Crippen molar-refractivity contribution < 1.29 is 14.3 Å². The van der Waals surface area contributed by atoms with E-state index in [1.54, 1.807) is 25.4 Å². The van der Waals surface area contributed by atoms with Crippen molar-refractivity contribution in [3.63, 3.8) is 0 Å². The molecular formula is C25H23ClN4O3. The third kappa shape index (κ3) is 4.12. The molecule has 1 fully saturated rings. The summed E-state index contributed by atoms with van der Waals surface area (Å²) >= 11 is 6.17. The number of para-hydroxylation sites is 3. The van der Waals surface area contributed by atoms with Gasteiger partial charge in [0.15, 0.2) is 17.2 Å². The van der Waals surface area contributed by atoms with Crippen molar-refractivity contribution >= 4 is 29.0 Å². The van der Waals surface area contributed by atoms with Crippen LogP contribution in [0.15, 0.2) is 65.8 Å². The Morgan fingerprint density at radius 2 is 1.91 bits per heavy atom. The topological polar surface area (TPSA) is 67.3 Å². The number of carbonyl (C=O) groups is 1. The largest absolute Gasteiger partial charge is 0.493 e. The second kappa shape index (κ2) is 9.11. The number of amidine groups is 1. The molecule has 3 heterocycles. The van der Waals surface area contributed by atoms with E-state index in [0.29, 0.717) is 42.4 Å². The van der Waals surface area contributed by atoms with Crippen LogP contribution in [0.2, 0.25) is 5.15 Å². The first-order valence-corrected chi connectivity index (χ1v) is 11.2. The molecule has 0 saturated carbocycles. The summed E-state index contributed by atoms with van der Waals surface area (Å²) < 4.78 is 11.8. The van der Waals surface area contributed by atoms with E-state index in [1.165, 1.54) is 0 Å². The van der Waals surface area contributed by atoms with Gasteiger partial charge < -0.3 is 19.3 Å². The van der Waals surface area contributed by atoms with Crippen LogP contribution in [0.25, 0.3) is 0 Å². The number of halogens is 1. The molecule has 8 heteroatoms. The smallest absolute Gasteiger partial charge is 0.257 e. The average molecular weight is 463 g/mol. The summed E-state index contributed by atoms with van der Waals surface area (Å²) in [5.41, 5.74) is 2.04. The van der Waals surface area contributed by atoms with Gasteiger partial charge in [0, 0.05) is 32.4 Å². The zero-order valence-electron chi connectivity index (χ0n) is 18.2. The molecule has 2 aromatic carbocycles. The van der Waals surface area contributed by atoms with Crippen LogP contribution in [-0.4, -0.2) is 59.8 Å². The average Bonchev–Trinajstić information content (AvgIpc) is 3.18. The van der Waals surface area contributed by atoms with Crippen LogP contribution in [0.4, 0.5) is 5.69 Å². The summed E-state index contributed by atoms with van der Waals surface area (Å²) in [7, 11) is 1.63. The number of benzene rings is 2. The minimum Gasteiger partial charge on any atom is -0.493 e. The van der Waals surface area contributed by atoms with Crippen LogP contribution in [0.1, 0.15) is 22.3 Å². The Hall–Kier alpha value is -3.58. The predicted molar refractivity (Wildman–Crippen MR) is 127 cm³/mol. The molecule has 33 heavy (non-hydrogen) atoms. The van der Waals surface area contributed by atoms with Crippen LogP contribution >= 0.6 is 11.6 Å². The van der Waals surface area contributed by atoms with Gasteiger partial charge in [-0.25, -0.2) is 9.98 Å². The minimum absolute atomic E-state index is 0.103. The van der Waals surface area contributed by atoms with Crippen LogP contribution < -0.4 is 9.47 Å². The fourth-order valence-electron chi connectivity index (χ4n) is 4.17.